The topological polar surface area (TPSA) is 55.1 Å². The van der Waals surface area contributed by atoms with E-state index in [-0.39, 0.29) is 17.9 Å². The van der Waals surface area contributed by atoms with Gasteiger partial charge in [0.25, 0.3) is 0 Å². The molecule has 1 aliphatic carbocycles. The number of carbonyl (C=O) groups excluding carboxylic acids is 1. The molecule has 3 nitrogen and oxygen atoms in total. The fraction of sp³-hybridized carbons (Fsp3) is 0.941. The Morgan fingerprint density at radius 1 is 1.25 bits per heavy atom. The van der Waals surface area contributed by atoms with Crippen LogP contribution in [0.25, 0.3) is 0 Å². The highest BCUT2D eigenvalue weighted by atomic mass is 16.2. The lowest BCUT2D eigenvalue weighted by atomic mass is 9.69. The minimum Gasteiger partial charge on any atom is -0.352 e. The van der Waals surface area contributed by atoms with E-state index in [1.165, 1.54) is 19.3 Å². The van der Waals surface area contributed by atoms with Gasteiger partial charge in [-0.1, -0.05) is 47.5 Å². The summed E-state index contributed by atoms with van der Waals surface area (Å²) in [6.45, 7) is 11.1. The van der Waals surface area contributed by atoms with E-state index in [9.17, 15) is 4.79 Å². The van der Waals surface area contributed by atoms with E-state index in [4.69, 9.17) is 5.73 Å². The van der Waals surface area contributed by atoms with Gasteiger partial charge in [-0.25, -0.2) is 0 Å². The summed E-state index contributed by atoms with van der Waals surface area (Å²) in [5.41, 5.74) is 6.43. The molecular formula is C17H34N2O. The number of nitrogens with two attached hydrogens (primary N) is 1. The van der Waals surface area contributed by atoms with Gasteiger partial charge in [0.2, 0.25) is 5.91 Å². The second-order valence-electron chi connectivity index (χ2n) is 7.31. The molecule has 0 aromatic heterocycles. The minimum atomic E-state index is -0.357. The van der Waals surface area contributed by atoms with Gasteiger partial charge in [0.05, 0.1) is 6.04 Å². The molecule has 0 bridgehead atoms. The normalized spacial score (nSPS) is 26.9. The molecule has 118 valence electrons. The van der Waals surface area contributed by atoms with Crippen LogP contribution < -0.4 is 11.1 Å². The molecule has 0 aliphatic heterocycles. The smallest absolute Gasteiger partial charge is 0.237 e. The molecule has 1 aliphatic rings. The Morgan fingerprint density at radius 3 is 2.25 bits per heavy atom. The van der Waals surface area contributed by atoms with Gasteiger partial charge in [-0.05, 0) is 42.9 Å². The first-order valence-electron chi connectivity index (χ1n) is 8.37. The first-order valence-corrected chi connectivity index (χ1v) is 8.37. The molecule has 0 unspecified atom stereocenters. The second kappa shape index (κ2) is 7.44. The van der Waals surface area contributed by atoms with Crippen molar-refractivity contribution in [3.05, 3.63) is 0 Å². The molecule has 2 atom stereocenters. The van der Waals surface area contributed by atoms with Crippen LogP contribution in [0.4, 0.5) is 0 Å². The SMILES string of the molecule is CC[C@H](C)[C@H](N)C(=O)NC1CCC(C(C)(C)CC)CC1. The third-order valence-corrected chi connectivity index (χ3v) is 5.65. The van der Waals surface area contributed by atoms with Crippen LogP contribution in [0.2, 0.25) is 0 Å². The minimum absolute atomic E-state index is 0.0394. The zero-order valence-electron chi connectivity index (χ0n) is 14.0. The van der Waals surface area contributed by atoms with Gasteiger partial charge < -0.3 is 11.1 Å². The first-order chi connectivity index (χ1) is 9.31. The molecule has 1 fully saturated rings. The van der Waals surface area contributed by atoms with E-state index in [1.807, 2.05) is 6.92 Å². The van der Waals surface area contributed by atoms with Crippen LogP contribution in [0.5, 0.6) is 0 Å². The van der Waals surface area contributed by atoms with Crippen molar-refractivity contribution in [2.75, 3.05) is 0 Å². The predicted octanol–water partition coefficient (Wildman–Crippen LogP) is 3.47. The van der Waals surface area contributed by atoms with E-state index < -0.39 is 0 Å². The molecule has 0 aromatic rings. The lowest BCUT2D eigenvalue weighted by molar-refractivity contribution is -0.124. The van der Waals surface area contributed by atoms with Crippen molar-refractivity contribution in [3.63, 3.8) is 0 Å². The van der Waals surface area contributed by atoms with Crippen LogP contribution in [0.3, 0.4) is 0 Å². The molecule has 3 N–H and O–H groups in total. The molecule has 1 rings (SSSR count). The zero-order valence-corrected chi connectivity index (χ0v) is 14.0. The fourth-order valence-electron chi connectivity index (χ4n) is 3.12. The quantitative estimate of drug-likeness (QED) is 0.783. The molecule has 0 aromatic carbocycles. The van der Waals surface area contributed by atoms with E-state index >= 15 is 0 Å². The van der Waals surface area contributed by atoms with Crippen LogP contribution in [0.1, 0.15) is 73.1 Å². The average molecular weight is 282 g/mol. The lowest BCUT2D eigenvalue weighted by Gasteiger charge is -2.39. The van der Waals surface area contributed by atoms with Crippen molar-refractivity contribution in [2.24, 2.45) is 23.0 Å². The summed E-state index contributed by atoms with van der Waals surface area (Å²) in [5, 5.41) is 3.16. The second-order valence-corrected chi connectivity index (χ2v) is 7.31. The van der Waals surface area contributed by atoms with Crippen molar-refractivity contribution in [1.82, 2.24) is 5.32 Å². The summed E-state index contributed by atoms with van der Waals surface area (Å²) in [5.74, 6) is 1.09. The molecule has 1 amide bonds. The third-order valence-electron chi connectivity index (χ3n) is 5.65. The number of hydrogen-bond acceptors (Lipinski definition) is 2. The lowest BCUT2D eigenvalue weighted by Crippen LogP contribution is -2.49. The number of carbonyl (C=O) groups is 1. The first kappa shape index (κ1) is 17.5. The highest BCUT2D eigenvalue weighted by Gasteiger charge is 2.32. The van der Waals surface area contributed by atoms with Crippen LogP contribution in [-0.4, -0.2) is 18.0 Å². The van der Waals surface area contributed by atoms with Crippen molar-refractivity contribution in [2.45, 2.75) is 85.2 Å². The Labute approximate surface area is 125 Å². The molecule has 0 heterocycles. The van der Waals surface area contributed by atoms with E-state index in [2.05, 4.69) is 33.0 Å². The molecule has 0 radical (unpaired) electrons. The van der Waals surface area contributed by atoms with Crippen molar-refractivity contribution in [3.8, 4) is 0 Å². The van der Waals surface area contributed by atoms with Gasteiger partial charge in [0.15, 0.2) is 0 Å². The highest BCUT2D eigenvalue weighted by molar-refractivity contribution is 5.82. The van der Waals surface area contributed by atoms with Crippen LogP contribution in [0.15, 0.2) is 0 Å². The van der Waals surface area contributed by atoms with Crippen molar-refractivity contribution >= 4 is 5.91 Å². The van der Waals surface area contributed by atoms with Gasteiger partial charge in [0, 0.05) is 6.04 Å². The standard InChI is InChI=1S/C17H34N2O/c1-6-12(3)15(18)16(20)19-14-10-8-13(9-11-14)17(4,5)7-2/h12-15H,6-11,18H2,1-5H3,(H,19,20)/t12-,13?,14?,15-/m0/s1. The van der Waals surface area contributed by atoms with E-state index in [1.54, 1.807) is 0 Å². The molecule has 0 saturated heterocycles. The molecule has 20 heavy (non-hydrogen) atoms. The highest BCUT2D eigenvalue weighted by Crippen LogP contribution is 2.40. The average Bonchev–Trinajstić information content (AvgIpc) is 2.46. The Bertz CT molecular complexity index is 306. The predicted molar refractivity (Wildman–Crippen MR) is 85.4 cm³/mol. The van der Waals surface area contributed by atoms with Crippen molar-refractivity contribution < 1.29 is 4.79 Å². The van der Waals surface area contributed by atoms with E-state index in [0.717, 1.165) is 25.2 Å². The molecular weight excluding hydrogens is 248 g/mol. The van der Waals surface area contributed by atoms with Crippen LogP contribution >= 0.6 is 0 Å². The molecule has 3 heteroatoms. The van der Waals surface area contributed by atoms with Crippen LogP contribution in [0, 0.1) is 17.3 Å². The molecule has 0 spiro atoms. The maximum Gasteiger partial charge on any atom is 0.237 e. The summed E-state index contributed by atoms with van der Waals surface area (Å²) < 4.78 is 0. The number of hydrogen-bond donors (Lipinski definition) is 2. The summed E-state index contributed by atoms with van der Waals surface area (Å²) in [6, 6.07) is -0.0219. The maximum atomic E-state index is 12.1. The van der Waals surface area contributed by atoms with E-state index in [0.29, 0.717) is 11.5 Å². The summed E-state index contributed by atoms with van der Waals surface area (Å²) >= 11 is 0. The Hall–Kier alpha value is -0.570. The van der Waals surface area contributed by atoms with Crippen molar-refractivity contribution in [1.29, 1.82) is 0 Å². The monoisotopic (exact) mass is 282 g/mol. The maximum absolute atomic E-state index is 12.1. The van der Waals surface area contributed by atoms with Gasteiger partial charge in [0.1, 0.15) is 0 Å². The largest absolute Gasteiger partial charge is 0.352 e. The fourth-order valence-corrected chi connectivity index (χ4v) is 3.12. The van der Waals surface area contributed by atoms with Gasteiger partial charge >= 0.3 is 0 Å². The Morgan fingerprint density at radius 2 is 1.80 bits per heavy atom. The zero-order chi connectivity index (χ0) is 15.3. The Balaban J connectivity index is 2.41. The van der Waals surface area contributed by atoms with Crippen LogP contribution in [-0.2, 0) is 4.79 Å². The number of nitrogens with one attached hydrogen (secondary N) is 1. The summed E-state index contributed by atoms with van der Waals surface area (Å²) in [7, 11) is 0. The van der Waals surface area contributed by atoms with Gasteiger partial charge in [-0.2, -0.15) is 0 Å². The molecule has 1 saturated carbocycles. The number of amides is 1. The summed E-state index contributed by atoms with van der Waals surface area (Å²) in [6.07, 6.45) is 6.84. The summed E-state index contributed by atoms with van der Waals surface area (Å²) in [4.78, 5) is 12.1. The third kappa shape index (κ3) is 4.47. The van der Waals surface area contributed by atoms with Gasteiger partial charge in [-0.3, -0.25) is 4.79 Å². The number of rotatable bonds is 6. The van der Waals surface area contributed by atoms with Gasteiger partial charge in [-0.15, -0.1) is 0 Å². The Kier molecular flexibility index (Phi) is 6.50.